The number of hydrogen-bond acceptors (Lipinski definition) is 6. The SMILES string of the molecule is CNC(=O)c1cc2c(cc1C)nc(NCc1ccc(OC)cc1OC)c1cncn12. The number of benzene rings is 2. The second-order valence-electron chi connectivity index (χ2n) is 6.88. The summed E-state index contributed by atoms with van der Waals surface area (Å²) < 4.78 is 12.7. The average molecular weight is 405 g/mol. The van der Waals surface area contributed by atoms with E-state index in [4.69, 9.17) is 14.5 Å². The van der Waals surface area contributed by atoms with Gasteiger partial charge in [-0.15, -0.1) is 0 Å². The van der Waals surface area contributed by atoms with E-state index in [1.807, 2.05) is 41.7 Å². The van der Waals surface area contributed by atoms with E-state index in [1.54, 1.807) is 33.8 Å². The summed E-state index contributed by atoms with van der Waals surface area (Å²) in [6.07, 6.45) is 3.47. The van der Waals surface area contributed by atoms with E-state index in [-0.39, 0.29) is 5.91 Å². The van der Waals surface area contributed by atoms with E-state index in [0.29, 0.717) is 17.9 Å². The molecule has 0 radical (unpaired) electrons. The second kappa shape index (κ2) is 7.90. The molecule has 2 heterocycles. The lowest BCUT2D eigenvalue weighted by Crippen LogP contribution is -2.19. The number of carbonyl (C=O) groups is 1. The summed E-state index contributed by atoms with van der Waals surface area (Å²) >= 11 is 0. The lowest BCUT2D eigenvalue weighted by Gasteiger charge is -2.14. The number of nitrogens with one attached hydrogen (secondary N) is 2. The van der Waals surface area contributed by atoms with Crippen molar-refractivity contribution in [3.8, 4) is 11.5 Å². The fourth-order valence-corrected chi connectivity index (χ4v) is 3.49. The Bertz CT molecular complexity index is 1250. The smallest absolute Gasteiger partial charge is 0.251 e. The van der Waals surface area contributed by atoms with Crippen molar-refractivity contribution in [2.24, 2.45) is 0 Å². The zero-order chi connectivity index (χ0) is 21.3. The Hall–Kier alpha value is -3.81. The standard InChI is InChI=1S/C22H23N5O3/c1-13-7-17-18(9-16(13)22(28)23-2)27-12-24-11-19(27)21(26-17)25-10-14-5-6-15(29-3)8-20(14)30-4/h5-9,11-12H,10H2,1-4H3,(H,23,28)(H,25,26). The van der Waals surface area contributed by atoms with E-state index < -0.39 is 0 Å². The van der Waals surface area contributed by atoms with Crippen LogP contribution in [0.15, 0.2) is 42.9 Å². The fourth-order valence-electron chi connectivity index (χ4n) is 3.49. The third-order valence-corrected chi connectivity index (χ3v) is 5.11. The highest BCUT2D eigenvalue weighted by atomic mass is 16.5. The fraction of sp³-hybridized carbons (Fsp3) is 0.227. The maximum absolute atomic E-state index is 12.2. The first-order valence-corrected chi connectivity index (χ1v) is 9.49. The van der Waals surface area contributed by atoms with Crippen molar-refractivity contribution in [2.45, 2.75) is 13.5 Å². The van der Waals surface area contributed by atoms with Gasteiger partial charge in [0.05, 0.1) is 37.8 Å². The first-order chi connectivity index (χ1) is 14.5. The van der Waals surface area contributed by atoms with Crippen LogP contribution in [0.2, 0.25) is 0 Å². The van der Waals surface area contributed by atoms with Crippen LogP contribution < -0.4 is 20.1 Å². The van der Waals surface area contributed by atoms with E-state index in [9.17, 15) is 4.79 Å². The van der Waals surface area contributed by atoms with Crippen LogP contribution in [0.25, 0.3) is 16.6 Å². The molecule has 0 unspecified atom stereocenters. The Labute approximate surface area is 173 Å². The van der Waals surface area contributed by atoms with E-state index in [1.165, 1.54) is 0 Å². The molecule has 0 atom stereocenters. The molecule has 0 aliphatic rings. The molecule has 4 rings (SSSR count). The molecule has 2 N–H and O–H groups in total. The van der Waals surface area contributed by atoms with Crippen molar-refractivity contribution in [1.82, 2.24) is 19.7 Å². The Morgan fingerprint density at radius 3 is 2.70 bits per heavy atom. The second-order valence-corrected chi connectivity index (χ2v) is 6.88. The number of aromatic nitrogens is 3. The van der Waals surface area contributed by atoms with Gasteiger partial charge in [0, 0.05) is 30.8 Å². The van der Waals surface area contributed by atoms with Crippen LogP contribution >= 0.6 is 0 Å². The molecule has 0 saturated heterocycles. The number of imidazole rings is 1. The van der Waals surface area contributed by atoms with Crippen LogP contribution in [0.4, 0.5) is 5.82 Å². The largest absolute Gasteiger partial charge is 0.497 e. The van der Waals surface area contributed by atoms with Gasteiger partial charge >= 0.3 is 0 Å². The number of methoxy groups -OCH3 is 2. The van der Waals surface area contributed by atoms with Gasteiger partial charge in [-0.1, -0.05) is 0 Å². The number of hydrogen-bond donors (Lipinski definition) is 2. The molecular formula is C22H23N5O3. The quantitative estimate of drug-likeness (QED) is 0.512. The summed E-state index contributed by atoms with van der Waals surface area (Å²) in [6.45, 7) is 2.42. The molecule has 4 aromatic rings. The van der Waals surface area contributed by atoms with Gasteiger partial charge in [0.1, 0.15) is 17.0 Å². The third kappa shape index (κ3) is 3.36. The summed E-state index contributed by atoms with van der Waals surface area (Å²) in [4.78, 5) is 21.3. The lowest BCUT2D eigenvalue weighted by atomic mass is 10.1. The van der Waals surface area contributed by atoms with Gasteiger partial charge < -0.3 is 20.1 Å². The van der Waals surface area contributed by atoms with E-state index in [0.717, 1.165) is 39.2 Å². The number of nitrogens with zero attached hydrogens (tertiary/aromatic N) is 3. The molecule has 2 aromatic heterocycles. The van der Waals surface area contributed by atoms with Crippen LogP contribution in [-0.4, -0.2) is 41.5 Å². The first kappa shape index (κ1) is 19.5. The molecule has 30 heavy (non-hydrogen) atoms. The van der Waals surface area contributed by atoms with Gasteiger partial charge in [-0.2, -0.15) is 0 Å². The van der Waals surface area contributed by atoms with Crippen molar-refractivity contribution in [2.75, 3.05) is 26.6 Å². The molecule has 0 spiro atoms. The van der Waals surface area contributed by atoms with Crippen molar-refractivity contribution >= 4 is 28.3 Å². The molecule has 2 aromatic carbocycles. The van der Waals surface area contributed by atoms with Crippen molar-refractivity contribution in [3.63, 3.8) is 0 Å². The molecule has 8 heteroatoms. The number of rotatable bonds is 6. The molecule has 0 saturated carbocycles. The summed E-state index contributed by atoms with van der Waals surface area (Å²) in [6, 6.07) is 9.47. The molecule has 0 bridgehead atoms. The molecule has 0 aliphatic heterocycles. The average Bonchev–Trinajstić information content (AvgIpc) is 3.26. The maximum atomic E-state index is 12.2. The first-order valence-electron chi connectivity index (χ1n) is 9.49. The highest BCUT2D eigenvalue weighted by molar-refractivity contribution is 5.99. The third-order valence-electron chi connectivity index (χ3n) is 5.11. The molecule has 0 aliphatic carbocycles. The number of anilines is 1. The minimum atomic E-state index is -0.128. The molecule has 8 nitrogen and oxygen atoms in total. The highest BCUT2D eigenvalue weighted by Gasteiger charge is 2.15. The predicted octanol–water partition coefficient (Wildman–Crippen LogP) is 3.18. The minimum Gasteiger partial charge on any atom is -0.497 e. The predicted molar refractivity (Wildman–Crippen MR) is 115 cm³/mol. The van der Waals surface area contributed by atoms with Crippen LogP contribution in [-0.2, 0) is 6.54 Å². The topological polar surface area (TPSA) is 89.8 Å². The van der Waals surface area contributed by atoms with Gasteiger partial charge in [-0.3, -0.25) is 9.20 Å². The van der Waals surface area contributed by atoms with Crippen molar-refractivity contribution in [1.29, 1.82) is 0 Å². The normalized spacial score (nSPS) is 10.9. The molecule has 1 amide bonds. The summed E-state index contributed by atoms with van der Waals surface area (Å²) in [5, 5.41) is 6.07. The molecule has 0 fully saturated rings. The lowest BCUT2D eigenvalue weighted by molar-refractivity contribution is 0.0962. The summed E-state index contributed by atoms with van der Waals surface area (Å²) in [7, 11) is 4.88. The summed E-state index contributed by atoms with van der Waals surface area (Å²) in [5.74, 6) is 2.04. The van der Waals surface area contributed by atoms with E-state index in [2.05, 4.69) is 15.6 Å². The highest BCUT2D eigenvalue weighted by Crippen LogP contribution is 2.28. The Balaban J connectivity index is 1.75. The molecule has 154 valence electrons. The van der Waals surface area contributed by atoms with Crippen molar-refractivity contribution < 1.29 is 14.3 Å². The van der Waals surface area contributed by atoms with Gasteiger partial charge in [-0.05, 0) is 36.8 Å². The Kier molecular flexibility index (Phi) is 5.14. The number of ether oxygens (including phenoxy) is 2. The zero-order valence-electron chi connectivity index (χ0n) is 17.3. The monoisotopic (exact) mass is 405 g/mol. The Morgan fingerprint density at radius 1 is 1.13 bits per heavy atom. The van der Waals surface area contributed by atoms with Crippen LogP contribution in [0.3, 0.4) is 0 Å². The number of fused-ring (bicyclic) bond motifs is 3. The minimum absolute atomic E-state index is 0.128. The zero-order valence-corrected chi connectivity index (χ0v) is 17.3. The summed E-state index contributed by atoms with van der Waals surface area (Å²) in [5.41, 5.74) is 4.86. The van der Waals surface area contributed by atoms with Crippen LogP contribution in [0.1, 0.15) is 21.5 Å². The van der Waals surface area contributed by atoms with Gasteiger partial charge in [-0.25, -0.2) is 9.97 Å². The van der Waals surface area contributed by atoms with Gasteiger partial charge in [0.15, 0.2) is 5.82 Å². The Morgan fingerprint density at radius 2 is 1.97 bits per heavy atom. The van der Waals surface area contributed by atoms with Gasteiger partial charge in [0.2, 0.25) is 0 Å². The van der Waals surface area contributed by atoms with Crippen LogP contribution in [0.5, 0.6) is 11.5 Å². The van der Waals surface area contributed by atoms with E-state index >= 15 is 0 Å². The maximum Gasteiger partial charge on any atom is 0.251 e. The van der Waals surface area contributed by atoms with Gasteiger partial charge in [0.25, 0.3) is 5.91 Å². The number of carbonyl (C=O) groups excluding carboxylic acids is 1. The van der Waals surface area contributed by atoms with Crippen molar-refractivity contribution in [3.05, 3.63) is 59.5 Å². The number of amides is 1. The number of aryl methyl sites for hydroxylation is 1. The molecular weight excluding hydrogens is 382 g/mol. The van der Waals surface area contributed by atoms with Crippen LogP contribution in [0, 0.1) is 6.92 Å².